The molecule has 0 spiro atoms. The molecule has 98 valence electrons. The lowest BCUT2D eigenvalue weighted by Crippen LogP contribution is -2.05. The maximum atomic E-state index is 9.17. The number of pyridine rings is 1. The molecule has 1 aromatic heterocycles. The van der Waals surface area contributed by atoms with Crippen molar-refractivity contribution >= 4 is 0 Å². The largest absolute Gasteiger partial charge is 0.396 e. The summed E-state index contributed by atoms with van der Waals surface area (Å²) in [6.45, 7) is 0.218. The van der Waals surface area contributed by atoms with Gasteiger partial charge in [-0.15, -0.1) is 0 Å². The van der Waals surface area contributed by atoms with E-state index < -0.39 is 0 Å². The lowest BCUT2D eigenvalue weighted by molar-refractivity contribution is 0.282. The van der Waals surface area contributed by atoms with E-state index in [0.29, 0.717) is 0 Å². The molecule has 1 aliphatic carbocycles. The maximum Gasteiger partial charge on any atom is 0.0473 e. The van der Waals surface area contributed by atoms with Crippen LogP contribution in [-0.2, 0) is 0 Å². The highest BCUT2D eigenvalue weighted by Crippen LogP contribution is 2.27. The fourth-order valence-electron chi connectivity index (χ4n) is 2.69. The first-order valence-corrected chi connectivity index (χ1v) is 7.10. The molecule has 1 aliphatic rings. The molecule has 0 bridgehead atoms. The van der Waals surface area contributed by atoms with Crippen molar-refractivity contribution < 1.29 is 5.11 Å². The van der Waals surface area contributed by atoms with Crippen LogP contribution in [0.2, 0.25) is 0 Å². The van der Waals surface area contributed by atoms with E-state index >= 15 is 0 Å². The second-order valence-corrected chi connectivity index (χ2v) is 5.16. The first kappa shape index (κ1) is 13.3. The molecule has 0 amide bonds. The zero-order valence-corrected chi connectivity index (χ0v) is 11.0. The van der Waals surface area contributed by atoms with Crippen molar-refractivity contribution in [3.8, 4) is 0 Å². The highest BCUT2D eigenvalue weighted by molar-refractivity contribution is 5.16. The van der Waals surface area contributed by atoms with Crippen molar-refractivity contribution in [3.05, 3.63) is 42.2 Å². The summed E-state index contributed by atoms with van der Waals surface area (Å²) in [5.41, 5.74) is 1.07. The number of aliphatic hydroxyl groups excluding tert-OH is 1. The molecule has 0 saturated heterocycles. The van der Waals surface area contributed by atoms with E-state index in [1.54, 1.807) is 0 Å². The quantitative estimate of drug-likeness (QED) is 0.803. The predicted molar refractivity (Wildman–Crippen MR) is 74.4 cm³/mol. The normalized spacial score (nSPS) is 19.2. The molecule has 1 heterocycles. The number of hydrogen-bond acceptors (Lipinski definition) is 2. The maximum absolute atomic E-state index is 9.17. The van der Waals surface area contributed by atoms with Gasteiger partial charge in [0.2, 0.25) is 0 Å². The fraction of sp³-hybridized carbons (Fsp3) is 0.562. The van der Waals surface area contributed by atoms with Crippen LogP contribution in [0.4, 0.5) is 0 Å². The molecule has 1 fully saturated rings. The first-order chi connectivity index (χ1) is 8.90. The van der Waals surface area contributed by atoms with Gasteiger partial charge < -0.3 is 5.11 Å². The topological polar surface area (TPSA) is 33.1 Å². The zero-order valence-electron chi connectivity index (χ0n) is 11.0. The third-order valence-electron chi connectivity index (χ3n) is 3.77. The van der Waals surface area contributed by atoms with Crippen LogP contribution < -0.4 is 0 Å². The summed E-state index contributed by atoms with van der Waals surface area (Å²) in [5, 5.41) is 9.17. The Balaban J connectivity index is 1.99. The van der Waals surface area contributed by atoms with Gasteiger partial charge >= 0.3 is 0 Å². The van der Waals surface area contributed by atoms with Gasteiger partial charge in [0, 0.05) is 24.4 Å². The van der Waals surface area contributed by atoms with Crippen LogP contribution in [0.3, 0.4) is 0 Å². The van der Waals surface area contributed by atoms with E-state index in [1.807, 2.05) is 24.4 Å². The lowest BCUT2D eigenvalue weighted by Gasteiger charge is -2.19. The Labute approximate surface area is 110 Å². The van der Waals surface area contributed by atoms with Crippen LogP contribution in [0.5, 0.6) is 0 Å². The van der Waals surface area contributed by atoms with Gasteiger partial charge in [0.1, 0.15) is 0 Å². The Kier molecular flexibility index (Phi) is 5.40. The van der Waals surface area contributed by atoms with Crippen molar-refractivity contribution in [2.24, 2.45) is 5.92 Å². The molecule has 1 saturated carbocycles. The number of rotatable bonds is 5. The molecule has 2 heteroatoms. The second kappa shape index (κ2) is 7.32. The highest BCUT2D eigenvalue weighted by atomic mass is 16.3. The van der Waals surface area contributed by atoms with E-state index in [-0.39, 0.29) is 12.5 Å². The van der Waals surface area contributed by atoms with Gasteiger partial charge in [-0.2, -0.15) is 0 Å². The summed E-state index contributed by atoms with van der Waals surface area (Å²) in [5.74, 6) is 1.00. The van der Waals surface area contributed by atoms with Crippen molar-refractivity contribution in [1.82, 2.24) is 4.98 Å². The summed E-state index contributed by atoms with van der Waals surface area (Å²) in [6, 6.07) is 6.00. The third kappa shape index (κ3) is 3.95. The Morgan fingerprint density at radius 3 is 2.78 bits per heavy atom. The van der Waals surface area contributed by atoms with E-state index in [2.05, 4.69) is 17.1 Å². The molecule has 1 aromatic rings. The first-order valence-electron chi connectivity index (χ1n) is 7.10. The summed E-state index contributed by atoms with van der Waals surface area (Å²) in [6.07, 6.45) is 14.0. The highest BCUT2D eigenvalue weighted by Gasteiger charge is 2.12. The van der Waals surface area contributed by atoms with Crippen LogP contribution in [0.25, 0.3) is 0 Å². The predicted octanol–water partition coefficient (Wildman–Crippen LogP) is 3.68. The standard InChI is InChI=1S/C16H23NO/c18-13-11-15(16-8-4-5-12-17-16)10-9-14-6-2-1-3-7-14/h4-5,8-10,12,14-15,18H,1-3,6-7,11,13H2. The fourth-order valence-corrected chi connectivity index (χ4v) is 2.69. The van der Waals surface area contributed by atoms with Gasteiger partial charge in [0.05, 0.1) is 0 Å². The molecular formula is C16H23NO. The minimum absolute atomic E-state index is 0.218. The molecule has 0 aromatic carbocycles. The SMILES string of the molecule is OCCC(C=CC1CCCCC1)c1ccccn1. The molecule has 1 N–H and O–H groups in total. The number of aliphatic hydroxyl groups is 1. The molecule has 2 nitrogen and oxygen atoms in total. The summed E-state index contributed by atoms with van der Waals surface area (Å²) in [4.78, 5) is 4.40. The second-order valence-electron chi connectivity index (χ2n) is 5.16. The average molecular weight is 245 g/mol. The van der Waals surface area contributed by atoms with E-state index in [1.165, 1.54) is 32.1 Å². The number of allylic oxidation sites excluding steroid dienone is 2. The summed E-state index contributed by atoms with van der Waals surface area (Å²) < 4.78 is 0. The van der Waals surface area contributed by atoms with Crippen LogP contribution in [-0.4, -0.2) is 16.7 Å². The van der Waals surface area contributed by atoms with Gasteiger partial charge in [0.15, 0.2) is 0 Å². The van der Waals surface area contributed by atoms with Gasteiger partial charge in [-0.05, 0) is 37.3 Å². The Morgan fingerprint density at radius 2 is 2.11 bits per heavy atom. The Morgan fingerprint density at radius 1 is 1.28 bits per heavy atom. The van der Waals surface area contributed by atoms with E-state index in [9.17, 15) is 5.11 Å². The molecule has 18 heavy (non-hydrogen) atoms. The van der Waals surface area contributed by atoms with Crippen LogP contribution in [0.1, 0.15) is 50.1 Å². The molecule has 1 unspecified atom stereocenters. The van der Waals surface area contributed by atoms with Crippen LogP contribution in [0.15, 0.2) is 36.5 Å². The molecule has 0 radical (unpaired) electrons. The minimum Gasteiger partial charge on any atom is -0.396 e. The Hall–Kier alpha value is -1.15. The minimum atomic E-state index is 0.218. The smallest absolute Gasteiger partial charge is 0.0473 e. The van der Waals surface area contributed by atoms with Gasteiger partial charge in [-0.25, -0.2) is 0 Å². The molecule has 0 aliphatic heterocycles. The van der Waals surface area contributed by atoms with Crippen molar-refractivity contribution in [3.63, 3.8) is 0 Å². The van der Waals surface area contributed by atoms with Crippen molar-refractivity contribution in [2.45, 2.75) is 44.4 Å². The number of hydrogen-bond donors (Lipinski definition) is 1. The van der Waals surface area contributed by atoms with Gasteiger partial charge in [-0.3, -0.25) is 4.98 Å². The van der Waals surface area contributed by atoms with E-state index in [4.69, 9.17) is 0 Å². The molecule has 2 rings (SSSR count). The number of aromatic nitrogens is 1. The lowest BCUT2D eigenvalue weighted by atomic mass is 9.87. The van der Waals surface area contributed by atoms with Crippen molar-refractivity contribution in [1.29, 1.82) is 0 Å². The Bertz CT molecular complexity index is 355. The summed E-state index contributed by atoms with van der Waals surface area (Å²) in [7, 11) is 0. The van der Waals surface area contributed by atoms with Crippen molar-refractivity contribution in [2.75, 3.05) is 6.61 Å². The zero-order chi connectivity index (χ0) is 12.6. The van der Waals surface area contributed by atoms with Gasteiger partial charge in [-0.1, -0.05) is 37.5 Å². The average Bonchev–Trinajstić information content (AvgIpc) is 2.45. The summed E-state index contributed by atoms with van der Waals surface area (Å²) >= 11 is 0. The monoisotopic (exact) mass is 245 g/mol. The number of nitrogens with zero attached hydrogens (tertiary/aromatic N) is 1. The van der Waals surface area contributed by atoms with E-state index in [0.717, 1.165) is 18.0 Å². The molecular weight excluding hydrogens is 222 g/mol. The van der Waals surface area contributed by atoms with Crippen LogP contribution >= 0.6 is 0 Å². The van der Waals surface area contributed by atoms with Gasteiger partial charge in [0.25, 0.3) is 0 Å². The third-order valence-corrected chi connectivity index (χ3v) is 3.77. The molecule has 1 atom stereocenters. The van der Waals surface area contributed by atoms with Crippen LogP contribution in [0, 0.1) is 5.92 Å².